The van der Waals surface area contributed by atoms with Gasteiger partial charge in [-0.1, -0.05) is 6.42 Å². The topological polar surface area (TPSA) is 83.4 Å². The van der Waals surface area contributed by atoms with E-state index in [0.717, 1.165) is 45.2 Å². The van der Waals surface area contributed by atoms with Gasteiger partial charge < -0.3 is 20.3 Å². The van der Waals surface area contributed by atoms with Crippen LogP contribution in [0.4, 0.5) is 10.1 Å². The minimum absolute atomic E-state index is 0. The van der Waals surface area contributed by atoms with E-state index in [0.29, 0.717) is 11.2 Å². The normalized spacial score (nSPS) is 20.0. The van der Waals surface area contributed by atoms with E-state index in [-0.39, 0.29) is 35.4 Å². The largest absolute Gasteiger partial charge is 0.477 e. The summed E-state index contributed by atoms with van der Waals surface area (Å²) >= 11 is 0. The standard InChI is InChI=1S/C19H22FN3O3.ClH/c20-15-7-13-17(8-16(15)22-11-3-1-2-6-21-9-11)23(12-4-5-12)10-14(18(13)24)19(25)26;/h7-8,10-12,21-22H,1-6,9H2,(H,25,26);1H/t11-;/m1./s1. The highest BCUT2D eigenvalue weighted by molar-refractivity contribution is 5.93. The van der Waals surface area contributed by atoms with Crippen molar-refractivity contribution in [3.8, 4) is 0 Å². The second-order valence-electron chi connectivity index (χ2n) is 7.21. The lowest BCUT2D eigenvalue weighted by atomic mass is 10.1. The molecule has 2 aromatic rings. The number of carbonyl (C=O) groups is 1. The highest BCUT2D eigenvalue weighted by Gasteiger charge is 2.27. The average Bonchev–Trinajstić information content (AvgIpc) is 3.44. The third-order valence-electron chi connectivity index (χ3n) is 5.20. The van der Waals surface area contributed by atoms with Crippen LogP contribution in [0.5, 0.6) is 0 Å². The summed E-state index contributed by atoms with van der Waals surface area (Å²) in [4.78, 5) is 23.9. The van der Waals surface area contributed by atoms with E-state index in [4.69, 9.17) is 0 Å². The van der Waals surface area contributed by atoms with Gasteiger partial charge in [-0.15, -0.1) is 12.4 Å². The van der Waals surface area contributed by atoms with Crippen molar-refractivity contribution < 1.29 is 14.3 Å². The van der Waals surface area contributed by atoms with E-state index in [1.54, 1.807) is 6.07 Å². The number of nitrogens with one attached hydrogen (secondary N) is 2. The van der Waals surface area contributed by atoms with Gasteiger partial charge in [-0.3, -0.25) is 4.79 Å². The molecule has 0 spiro atoms. The van der Waals surface area contributed by atoms with Gasteiger partial charge in [0.15, 0.2) is 0 Å². The molecule has 1 aromatic heterocycles. The molecule has 4 rings (SSSR count). The van der Waals surface area contributed by atoms with Crippen molar-refractivity contribution in [1.29, 1.82) is 0 Å². The summed E-state index contributed by atoms with van der Waals surface area (Å²) in [5, 5.41) is 16.0. The van der Waals surface area contributed by atoms with Gasteiger partial charge in [0.25, 0.3) is 0 Å². The van der Waals surface area contributed by atoms with Gasteiger partial charge in [0.1, 0.15) is 11.4 Å². The average molecular weight is 396 g/mol. The molecule has 6 nitrogen and oxygen atoms in total. The summed E-state index contributed by atoms with van der Waals surface area (Å²) in [5.41, 5.74) is 0.0134. The maximum absolute atomic E-state index is 14.7. The molecule has 146 valence electrons. The fourth-order valence-electron chi connectivity index (χ4n) is 3.65. The molecule has 3 N–H and O–H groups in total. The number of pyridine rings is 1. The number of hydrogen-bond acceptors (Lipinski definition) is 4. The van der Waals surface area contributed by atoms with Crippen LogP contribution >= 0.6 is 12.4 Å². The monoisotopic (exact) mass is 395 g/mol. The SMILES string of the molecule is Cl.O=C(O)c1cn(C2CC2)c2cc(N[C@@H]3CCCCNC3)c(F)cc2c1=O. The van der Waals surface area contributed by atoms with Crippen molar-refractivity contribution in [3.05, 3.63) is 39.9 Å². The number of carboxylic acids is 1. The number of benzene rings is 1. The van der Waals surface area contributed by atoms with E-state index < -0.39 is 17.2 Å². The summed E-state index contributed by atoms with van der Waals surface area (Å²) in [6, 6.07) is 3.13. The van der Waals surface area contributed by atoms with Crippen LogP contribution in [0, 0.1) is 5.82 Å². The van der Waals surface area contributed by atoms with Crippen molar-refractivity contribution in [2.24, 2.45) is 0 Å². The molecule has 1 aliphatic carbocycles. The van der Waals surface area contributed by atoms with E-state index in [1.807, 2.05) is 4.57 Å². The Morgan fingerprint density at radius 1 is 1.26 bits per heavy atom. The number of aromatic nitrogens is 1. The minimum Gasteiger partial charge on any atom is -0.477 e. The summed E-state index contributed by atoms with van der Waals surface area (Å²) in [6.45, 7) is 1.74. The van der Waals surface area contributed by atoms with Crippen molar-refractivity contribution in [3.63, 3.8) is 0 Å². The van der Waals surface area contributed by atoms with Gasteiger partial charge in [0, 0.05) is 30.2 Å². The zero-order chi connectivity index (χ0) is 18.3. The molecule has 1 aromatic carbocycles. The Balaban J connectivity index is 0.00000210. The molecule has 0 amide bonds. The van der Waals surface area contributed by atoms with Crippen LogP contribution in [-0.2, 0) is 0 Å². The maximum atomic E-state index is 14.7. The molecule has 0 bridgehead atoms. The van der Waals surface area contributed by atoms with E-state index >= 15 is 0 Å². The van der Waals surface area contributed by atoms with Crippen LogP contribution in [0.3, 0.4) is 0 Å². The molecule has 1 saturated heterocycles. The second kappa shape index (κ2) is 7.86. The van der Waals surface area contributed by atoms with Crippen LogP contribution in [-0.4, -0.2) is 34.8 Å². The lowest BCUT2D eigenvalue weighted by Crippen LogP contribution is -2.31. The first-order valence-corrected chi connectivity index (χ1v) is 9.13. The first kappa shape index (κ1) is 19.6. The number of nitrogens with zero attached hydrogens (tertiary/aromatic N) is 1. The first-order valence-electron chi connectivity index (χ1n) is 9.13. The van der Waals surface area contributed by atoms with Crippen molar-refractivity contribution >= 4 is 35.0 Å². The predicted octanol–water partition coefficient (Wildman–Crippen LogP) is 3.15. The highest BCUT2D eigenvalue weighted by atomic mass is 35.5. The Labute approximate surface area is 162 Å². The fourth-order valence-corrected chi connectivity index (χ4v) is 3.65. The summed E-state index contributed by atoms with van der Waals surface area (Å²) in [5.74, 6) is -1.80. The summed E-state index contributed by atoms with van der Waals surface area (Å²) < 4.78 is 16.5. The maximum Gasteiger partial charge on any atom is 0.341 e. The number of anilines is 1. The zero-order valence-corrected chi connectivity index (χ0v) is 15.7. The van der Waals surface area contributed by atoms with Crippen LogP contribution < -0.4 is 16.1 Å². The first-order chi connectivity index (χ1) is 12.5. The molecule has 8 heteroatoms. The van der Waals surface area contributed by atoms with Gasteiger partial charge >= 0.3 is 5.97 Å². The molecule has 2 heterocycles. The molecular formula is C19H23ClFN3O3. The fraction of sp³-hybridized carbons (Fsp3) is 0.474. The van der Waals surface area contributed by atoms with Crippen LogP contribution in [0.25, 0.3) is 10.9 Å². The smallest absolute Gasteiger partial charge is 0.341 e. The highest BCUT2D eigenvalue weighted by Crippen LogP contribution is 2.37. The Kier molecular flexibility index (Phi) is 5.72. The molecule has 1 aliphatic heterocycles. The van der Waals surface area contributed by atoms with Crippen LogP contribution in [0.2, 0.25) is 0 Å². The second-order valence-corrected chi connectivity index (χ2v) is 7.21. The molecule has 2 aliphatic rings. The number of rotatable bonds is 4. The van der Waals surface area contributed by atoms with Gasteiger partial charge in [-0.25, -0.2) is 9.18 Å². The molecule has 1 atom stereocenters. The summed E-state index contributed by atoms with van der Waals surface area (Å²) in [7, 11) is 0. The van der Waals surface area contributed by atoms with Crippen molar-refractivity contribution in [1.82, 2.24) is 9.88 Å². The lowest BCUT2D eigenvalue weighted by Gasteiger charge is -2.20. The molecule has 0 radical (unpaired) electrons. The molecular weight excluding hydrogens is 373 g/mol. The third kappa shape index (κ3) is 3.94. The Hall–Kier alpha value is -2.12. The number of aromatic carboxylic acids is 1. The molecule has 0 unspecified atom stereocenters. The molecule has 2 fully saturated rings. The van der Waals surface area contributed by atoms with Gasteiger partial charge in [-0.2, -0.15) is 0 Å². The summed E-state index contributed by atoms with van der Waals surface area (Å²) in [6.07, 6.45) is 6.41. The Morgan fingerprint density at radius 2 is 2.04 bits per heavy atom. The predicted molar refractivity (Wildman–Crippen MR) is 105 cm³/mol. The number of halogens is 2. The lowest BCUT2D eigenvalue weighted by molar-refractivity contribution is 0.0695. The van der Waals surface area contributed by atoms with Gasteiger partial charge in [-0.05, 0) is 44.4 Å². The number of carboxylic acid groups (broad SMARTS) is 1. The van der Waals surface area contributed by atoms with E-state index in [9.17, 15) is 19.1 Å². The van der Waals surface area contributed by atoms with E-state index in [2.05, 4.69) is 10.6 Å². The van der Waals surface area contributed by atoms with Gasteiger partial charge in [0.05, 0.1) is 11.2 Å². The quantitative estimate of drug-likeness (QED) is 0.740. The third-order valence-corrected chi connectivity index (χ3v) is 5.20. The van der Waals surface area contributed by atoms with Crippen LogP contribution in [0.1, 0.15) is 48.5 Å². The Bertz CT molecular complexity index is 919. The number of hydrogen-bond donors (Lipinski definition) is 3. The van der Waals surface area contributed by atoms with Crippen molar-refractivity contribution in [2.75, 3.05) is 18.4 Å². The Morgan fingerprint density at radius 3 is 2.74 bits per heavy atom. The minimum atomic E-state index is -1.28. The van der Waals surface area contributed by atoms with E-state index in [1.165, 1.54) is 12.3 Å². The molecule has 27 heavy (non-hydrogen) atoms. The zero-order valence-electron chi connectivity index (χ0n) is 14.8. The number of fused-ring (bicyclic) bond motifs is 1. The van der Waals surface area contributed by atoms with Crippen LogP contribution in [0.15, 0.2) is 23.1 Å². The molecule has 1 saturated carbocycles. The van der Waals surface area contributed by atoms with Crippen molar-refractivity contribution in [2.45, 2.75) is 44.2 Å². The van der Waals surface area contributed by atoms with Gasteiger partial charge in [0.2, 0.25) is 5.43 Å².